The van der Waals surface area contributed by atoms with Crippen molar-refractivity contribution in [3.05, 3.63) is 24.3 Å². The summed E-state index contributed by atoms with van der Waals surface area (Å²) in [7, 11) is 0. The van der Waals surface area contributed by atoms with Crippen LogP contribution in [0.15, 0.2) is 24.3 Å². The fourth-order valence-electron chi connectivity index (χ4n) is 7.70. The van der Waals surface area contributed by atoms with E-state index in [0.717, 1.165) is 32.1 Å². The van der Waals surface area contributed by atoms with Crippen LogP contribution in [0, 0.1) is 0 Å². The molecule has 0 aliphatic carbocycles. The first-order valence-corrected chi connectivity index (χ1v) is 23.6. The van der Waals surface area contributed by atoms with Crippen LogP contribution in [0.2, 0.25) is 0 Å². The summed E-state index contributed by atoms with van der Waals surface area (Å²) in [5.74, 6) is -0.253. The predicted molar refractivity (Wildman–Crippen MR) is 231 cm³/mol. The van der Waals surface area contributed by atoms with Gasteiger partial charge in [-0.3, -0.25) is 4.79 Å². The summed E-state index contributed by atoms with van der Waals surface area (Å²) in [6.07, 6.45) is 19.2. The summed E-state index contributed by atoms with van der Waals surface area (Å²) >= 11 is 0. The number of carbonyl (C=O) groups is 1. The number of rotatable bonds is 35. The molecule has 0 bridgehead atoms. The number of aliphatic hydroxyl groups excluding tert-OH is 8. The van der Waals surface area contributed by atoms with Crippen molar-refractivity contribution in [2.45, 2.75) is 242 Å². The van der Waals surface area contributed by atoms with Crippen molar-refractivity contribution in [2.75, 3.05) is 19.8 Å². The van der Waals surface area contributed by atoms with Crippen LogP contribution in [0.1, 0.15) is 168 Å². The van der Waals surface area contributed by atoms with E-state index in [1.807, 2.05) is 6.92 Å². The van der Waals surface area contributed by atoms with Gasteiger partial charge in [0.05, 0.1) is 32.0 Å². The van der Waals surface area contributed by atoms with Crippen LogP contribution in [-0.2, 0) is 23.7 Å². The van der Waals surface area contributed by atoms with E-state index in [2.05, 4.69) is 24.4 Å². The van der Waals surface area contributed by atoms with Gasteiger partial charge in [-0.15, -0.1) is 0 Å². The molecule has 2 saturated heterocycles. The highest BCUT2D eigenvalue weighted by Gasteiger charge is 2.50. The average Bonchev–Trinajstić information content (AvgIpc) is 3.24. The monoisotopic (exact) mass is 860 g/mol. The van der Waals surface area contributed by atoms with Crippen LogP contribution >= 0.6 is 0 Å². The molecule has 0 aromatic rings. The van der Waals surface area contributed by atoms with E-state index >= 15 is 0 Å². The molecular weight excluding hydrogens is 774 g/mol. The van der Waals surface area contributed by atoms with Gasteiger partial charge in [-0.25, -0.2) is 0 Å². The summed E-state index contributed by atoms with van der Waals surface area (Å²) in [6, 6.07) is -0.907. The largest absolute Gasteiger partial charge is 0.394 e. The molecule has 12 atom stereocenters. The second-order valence-electron chi connectivity index (χ2n) is 16.9. The fourth-order valence-corrected chi connectivity index (χ4v) is 7.70. The maximum atomic E-state index is 13.0. The molecule has 0 saturated carbocycles. The van der Waals surface area contributed by atoms with Gasteiger partial charge in [0.1, 0.15) is 48.8 Å². The summed E-state index contributed by atoms with van der Waals surface area (Å²) in [6.45, 7) is 2.55. The second-order valence-corrected chi connectivity index (χ2v) is 16.9. The highest BCUT2D eigenvalue weighted by atomic mass is 16.7. The van der Waals surface area contributed by atoms with E-state index in [-0.39, 0.29) is 18.9 Å². The van der Waals surface area contributed by atoms with E-state index in [1.54, 1.807) is 12.2 Å². The Bertz CT molecular complexity index is 1110. The Hall–Kier alpha value is -1.53. The first-order valence-electron chi connectivity index (χ1n) is 23.6. The van der Waals surface area contributed by atoms with Gasteiger partial charge >= 0.3 is 0 Å². The Kier molecular flexibility index (Phi) is 30.9. The van der Waals surface area contributed by atoms with Crippen molar-refractivity contribution in [1.29, 1.82) is 0 Å². The Morgan fingerprint density at radius 1 is 0.583 bits per heavy atom. The topological polar surface area (TPSA) is 228 Å². The number of allylic oxidation sites excluding steroid dienone is 3. The lowest BCUT2D eigenvalue weighted by atomic mass is 9.97. The molecule has 0 aromatic carbocycles. The SMILES string of the molecule is CCC/C=C/C(O)C(COC1OC(CO)C(OC2OC(CO)C(O)C(O)C2O)C(O)C1O)NC(=O)CCCCCCCCCCCCC/C=C\CCCCCCCCCC. The lowest BCUT2D eigenvalue weighted by molar-refractivity contribution is -0.359. The molecule has 0 aromatic heterocycles. The van der Waals surface area contributed by atoms with E-state index in [4.69, 9.17) is 18.9 Å². The number of ether oxygens (including phenoxy) is 4. The third-order valence-electron chi connectivity index (χ3n) is 11.6. The first-order chi connectivity index (χ1) is 29.1. The number of aliphatic hydroxyl groups is 8. The highest BCUT2D eigenvalue weighted by molar-refractivity contribution is 5.76. The Labute approximate surface area is 360 Å². The number of hydrogen-bond acceptors (Lipinski definition) is 13. The number of amides is 1. The van der Waals surface area contributed by atoms with Crippen LogP contribution in [-0.4, -0.2) is 140 Å². The fraction of sp³-hybridized carbons (Fsp3) is 0.891. The molecule has 9 N–H and O–H groups in total. The molecule has 12 unspecified atom stereocenters. The molecule has 0 radical (unpaired) electrons. The molecule has 0 spiro atoms. The lowest BCUT2D eigenvalue weighted by Crippen LogP contribution is -2.65. The second kappa shape index (κ2) is 34.0. The number of unbranched alkanes of at least 4 members (excludes halogenated alkanes) is 20. The molecular formula is C46H85NO13. The molecule has 352 valence electrons. The van der Waals surface area contributed by atoms with E-state index in [1.165, 1.54) is 109 Å². The van der Waals surface area contributed by atoms with E-state index < -0.39 is 86.8 Å². The molecule has 2 heterocycles. The minimum Gasteiger partial charge on any atom is -0.394 e. The third-order valence-corrected chi connectivity index (χ3v) is 11.6. The lowest BCUT2D eigenvalue weighted by Gasteiger charge is -2.46. The van der Waals surface area contributed by atoms with Crippen LogP contribution < -0.4 is 5.32 Å². The van der Waals surface area contributed by atoms with Crippen molar-refractivity contribution < 1.29 is 64.6 Å². The van der Waals surface area contributed by atoms with Crippen molar-refractivity contribution in [2.24, 2.45) is 0 Å². The molecule has 1 amide bonds. The van der Waals surface area contributed by atoms with E-state index in [9.17, 15) is 45.6 Å². The minimum atomic E-state index is -1.78. The van der Waals surface area contributed by atoms with Gasteiger partial charge < -0.3 is 65.1 Å². The van der Waals surface area contributed by atoms with Gasteiger partial charge in [0, 0.05) is 6.42 Å². The summed E-state index contributed by atoms with van der Waals surface area (Å²) < 4.78 is 22.4. The van der Waals surface area contributed by atoms with Gasteiger partial charge in [0.25, 0.3) is 0 Å². The van der Waals surface area contributed by atoms with Crippen molar-refractivity contribution in [3.8, 4) is 0 Å². The van der Waals surface area contributed by atoms with E-state index in [0.29, 0.717) is 6.42 Å². The number of carbonyl (C=O) groups excluding carboxylic acids is 1. The van der Waals surface area contributed by atoms with Gasteiger partial charge in [0.15, 0.2) is 12.6 Å². The number of hydrogen-bond donors (Lipinski definition) is 9. The standard InChI is InChI=1S/C46H85NO13/c1-3-5-7-8-9-10-11-12-13-14-15-16-17-18-19-20-21-22-23-24-25-26-28-30-38(51)47-34(35(50)29-27-6-4-2)33-57-45-43(56)41(54)44(37(32-49)59-45)60-46-42(55)40(53)39(52)36(31-48)58-46/h14-15,27,29,34-37,39-46,48-50,52-56H,3-13,16-26,28,30-33H2,1-2H3,(H,47,51)/b15-14-,29-27+. The molecule has 2 fully saturated rings. The van der Waals surface area contributed by atoms with Crippen molar-refractivity contribution in [3.63, 3.8) is 0 Å². The Morgan fingerprint density at radius 2 is 1.08 bits per heavy atom. The number of nitrogens with one attached hydrogen (secondary N) is 1. The molecule has 60 heavy (non-hydrogen) atoms. The predicted octanol–water partition coefficient (Wildman–Crippen LogP) is 4.99. The zero-order valence-corrected chi connectivity index (χ0v) is 36.9. The van der Waals surface area contributed by atoms with Crippen LogP contribution in [0.5, 0.6) is 0 Å². The van der Waals surface area contributed by atoms with Crippen LogP contribution in [0.4, 0.5) is 0 Å². The summed E-state index contributed by atoms with van der Waals surface area (Å²) in [5.41, 5.74) is 0. The normalized spacial score (nSPS) is 28.4. The molecule has 2 aliphatic rings. The maximum absolute atomic E-state index is 13.0. The zero-order chi connectivity index (χ0) is 44.0. The van der Waals surface area contributed by atoms with Gasteiger partial charge in [-0.1, -0.05) is 147 Å². The molecule has 14 nitrogen and oxygen atoms in total. The first kappa shape index (κ1) is 54.6. The average molecular weight is 860 g/mol. The van der Waals surface area contributed by atoms with Gasteiger partial charge in [0.2, 0.25) is 5.91 Å². The summed E-state index contributed by atoms with van der Waals surface area (Å²) in [4.78, 5) is 13.0. The third kappa shape index (κ3) is 21.7. The van der Waals surface area contributed by atoms with Gasteiger partial charge in [-0.05, 0) is 38.5 Å². The maximum Gasteiger partial charge on any atom is 0.220 e. The molecule has 14 heteroatoms. The summed E-state index contributed by atoms with van der Waals surface area (Å²) in [5, 5.41) is 85.7. The quantitative estimate of drug-likeness (QED) is 0.0303. The van der Waals surface area contributed by atoms with Crippen LogP contribution in [0.3, 0.4) is 0 Å². The molecule has 2 aliphatic heterocycles. The van der Waals surface area contributed by atoms with Crippen molar-refractivity contribution in [1.82, 2.24) is 5.32 Å². The van der Waals surface area contributed by atoms with Crippen LogP contribution in [0.25, 0.3) is 0 Å². The Balaban J connectivity index is 1.65. The molecule has 2 rings (SSSR count). The Morgan fingerprint density at radius 3 is 1.62 bits per heavy atom. The highest BCUT2D eigenvalue weighted by Crippen LogP contribution is 2.30. The minimum absolute atomic E-state index is 0.253. The van der Waals surface area contributed by atoms with Gasteiger partial charge in [-0.2, -0.15) is 0 Å². The smallest absolute Gasteiger partial charge is 0.220 e. The van der Waals surface area contributed by atoms with Crippen molar-refractivity contribution >= 4 is 5.91 Å². The zero-order valence-electron chi connectivity index (χ0n) is 36.9.